The van der Waals surface area contributed by atoms with Crippen LogP contribution in [0.2, 0.25) is 0 Å². The molecule has 0 fully saturated rings. The summed E-state index contributed by atoms with van der Waals surface area (Å²) in [5.74, 6) is 0. The fraction of sp³-hybridized carbons (Fsp3) is 0.500. The third-order valence-corrected chi connectivity index (χ3v) is 3.20. The molecule has 2 nitrogen and oxygen atoms in total. The average molecular weight is 300 g/mol. The van der Waals surface area contributed by atoms with Crippen molar-refractivity contribution in [1.82, 2.24) is 10.6 Å². The Morgan fingerprint density at radius 2 is 1.76 bits per heavy atom. The first-order valence-electron chi connectivity index (χ1n) is 7.10. The number of benzene rings is 1. The van der Waals surface area contributed by atoms with Crippen LogP contribution in [0.25, 0.3) is 5.70 Å². The van der Waals surface area contributed by atoms with Gasteiger partial charge in [-0.05, 0) is 24.1 Å². The molecule has 1 unspecified atom stereocenters. The summed E-state index contributed by atoms with van der Waals surface area (Å²) in [5.41, 5.74) is 0.666. The SMILES string of the molecule is C=C(NC(CC)CNC(C)C)c1ccc(C(F)(F)F)cc1. The van der Waals surface area contributed by atoms with Crippen molar-refractivity contribution < 1.29 is 13.2 Å². The first kappa shape index (κ1) is 17.6. The molecular formula is C16H23F3N2. The van der Waals surface area contributed by atoms with Crippen LogP contribution in [0.5, 0.6) is 0 Å². The van der Waals surface area contributed by atoms with Gasteiger partial charge in [0.15, 0.2) is 0 Å². The maximum absolute atomic E-state index is 12.5. The highest BCUT2D eigenvalue weighted by molar-refractivity contribution is 5.62. The minimum Gasteiger partial charge on any atom is -0.381 e. The Morgan fingerprint density at radius 3 is 2.19 bits per heavy atom. The van der Waals surface area contributed by atoms with E-state index in [2.05, 4.69) is 38.0 Å². The number of halogens is 3. The number of rotatable bonds is 7. The Kier molecular flexibility index (Phi) is 6.27. The van der Waals surface area contributed by atoms with Crippen molar-refractivity contribution in [2.24, 2.45) is 0 Å². The van der Waals surface area contributed by atoms with Crippen molar-refractivity contribution in [2.45, 2.75) is 45.5 Å². The molecule has 5 heteroatoms. The molecule has 1 atom stereocenters. The Balaban J connectivity index is 2.66. The smallest absolute Gasteiger partial charge is 0.381 e. The van der Waals surface area contributed by atoms with Crippen LogP contribution in [0.15, 0.2) is 30.8 Å². The minimum absolute atomic E-state index is 0.196. The summed E-state index contributed by atoms with van der Waals surface area (Å²) in [5, 5.41) is 6.59. The maximum Gasteiger partial charge on any atom is 0.416 e. The molecule has 0 aromatic heterocycles. The standard InChI is InChI=1S/C16H23F3N2/c1-5-15(10-20-11(2)3)21-12(4)13-6-8-14(9-7-13)16(17,18)19/h6-9,11,15,20-21H,4-5,10H2,1-3H3. The lowest BCUT2D eigenvalue weighted by molar-refractivity contribution is -0.137. The van der Waals surface area contributed by atoms with Gasteiger partial charge in [-0.25, -0.2) is 0 Å². The van der Waals surface area contributed by atoms with Crippen LogP contribution in [0.1, 0.15) is 38.3 Å². The Hall–Kier alpha value is -1.49. The molecule has 0 spiro atoms. The molecule has 0 bridgehead atoms. The summed E-state index contributed by atoms with van der Waals surface area (Å²) in [6.45, 7) is 10.9. The summed E-state index contributed by atoms with van der Waals surface area (Å²) in [7, 11) is 0. The molecule has 21 heavy (non-hydrogen) atoms. The molecular weight excluding hydrogens is 277 g/mol. The Labute approximate surface area is 124 Å². The second kappa shape index (κ2) is 7.50. The highest BCUT2D eigenvalue weighted by atomic mass is 19.4. The zero-order valence-electron chi connectivity index (χ0n) is 12.7. The van der Waals surface area contributed by atoms with Gasteiger partial charge in [-0.2, -0.15) is 13.2 Å². The van der Waals surface area contributed by atoms with Crippen molar-refractivity contribution in [3.8, 4) is 0 Å². The fourth-order valence-corrected chi connectivity index (χ4v) is 1.87. The van der Waals surface area contributed by atoms with Gasteiger partial charge in [-0.3, -0.25) is 0 Å². The third-order valence-electron chi connectivity index (χ3n) is 3.20. The molecule has 0 saturated carbocycles. The highest BCUT2D eigenvalue weighted by Crippen LogP contribution is 2.29. The number of nitrogens with one attached hydrogen (secondary N) is 2. The van der Waals surface area contributed by atoms with E-state index in [1.165, 1.54) is 12.1 Å². The summed E-state index contributed by atoms with van der Waals surface area (Å²) in [4.78, 5) is 0. The fourth-order valence-electron chi connectivity index (χ4n) is 1.87. The molecule has 0 aliphatic heterocycles. The van der Waals surface area contributed by atoms with E-state index in [1.54, 1.807) is 0 Å². The molecule has 1 aromatic carbocycles. The molecule has 0 aliphatic rings. The third kappa shape index (κ3) is 5.79. The van der Waals surface area contributed by atoms with Crippen molar-refractivity contribution in [1.29, 1.82) is 0 Å². The van der Waals surface area contributed by atoms with E-state index in [0.717, 1.165) is 25.1 Å². The quantitative estimate of drug-likeness (QED) is 0.794. The Bertz CT molecular complexity index is 450. The first-order valence-corrected chi connectivity index (χ1v) is 7.10. The van der Waals surface area contributed by atoms with Gasteiger partial charge in [-0.15, -0.1) is 0 Å². The molecule has 0 aliphatic carbocycles. The van der Waals surface area contributed by atoms with E-state index >= 15 is 0 Å². The van der Waals surface area contributed by atoms with Gasteiger partial charge in [0.1, 0.15) is 0 Å². The van der Waals surface area contributed by atoms with Gasteiger partial charge in [0.05, 0.1) is 5.56 Å². The Morgan fingerprint density at radius 1 is 1.19 bits per heavy atom. The van der Waals surface area contributed by atoms with Gasteiger partial charge in [0.25, 0.3) is 0 Å². The second-order valence-electron chi connectivity index (χ2n) is 5.37. The topological polar surface area (TPSA) is 24.1 Å². The molecule has 0 radical (unpaired) electrons. The summed E-state index contributed by atoms with van der Waals surface area (Å²) < 4.78 is 37.5. The van der Waals surface area contributed by atoms with Crippen molar-refractivity contribution in [3.05, 3.63) is 42.0 Å². The van der Waals surface area contributed by atoms with Crippen molar-refractivity contribution >= 4 is 5.70 Å². The van der Waals surface area contributed by atoms with E-state index in [0.29, 0.717) is 17.3 Å². The zero-order valence-corrected chi connectivity index (χ0v) is 12.7. The van der Waals surface area contributed by atoms with Crippen LogP contribution in [0, 0.1) is 0 Å². The molecule has 1 aromatic rings. The molecule has 1 rings (SSSR count). The molecule has 2 N–H and O–H groups in total. The number of alkyl halides is 3. The summed E-state index contributed by atoms with van der Waals surface area (Å²) >= 11 is 0. The summed E-state index contributed by atoms with van der Waals surface area (Å²) in [6, 6.07) is 5.63. The normalized spacial score (nSPS) is 13.3. The predicted molar refractivity (Wildman–Crippen MR) is 80.8 cm³/mol. The van der Waals surface area contributed by atoms with Crippen LogP contribution >= 0.6 is 0 Å². The van der Waals surface area contributed by atoms with E-state index in [4.69, 9.17) is 0 Å². The van der Waals surface area contributed by atoms with Crippen molar-refractivity contribution in [3.63, 3.8) is 0 Å². The minimum atomic E-state index is -4.31. The lowest BCUT2D eigenvalue weighted by Crippen LogP contribution is -2.39. The number of hydrogen-bond donors (Lipinski definition) is 2. The van der Waals surface area contributed by atoms with E-state index in [-0.39, 0.29) is 6.04 Å². The monoisotopic (exact) mass is 300 g/mol. The largest absolute Gasteiger partial charge is 0.416 e. The predicted octanol–water partition coefficient (Wildman–Crippen LogP) is 4.04. The van der Waals surface area contributed by atoms with Crippen LogP contribution < -0.4 is 10.6 Å². The van der Waals surface area contributed by atoms with Crippen LogP contribution in [0.4, 0.5) is 13.2 Å². The van der Waals surface area contributed by atoms with Crippen LogP contribution in [-0.2, 0) is 6.18 Å². The van der Waals surface area contributed by atoms with Crippen LogP contribution in [0.3, 0.4) is 0 Å². The van der Waals surface area contributed by atoms with Crippen LogP contribution in [-0.4, -0.2) is 18.6 Å². The van der Waals surface area contributed by atoms with Gasteiger partial charge in [0, 0.05) is 24.3 Å². The maximum atomic E-state index is 12.5. The van der Waals surface area contributed by atoms with Gasteiger partial charge >= 0.3 is 6.18 Å². The van der Waals surface area contributed by atoms with Gasteiger partial charge in [-0.1, -0.05) is 39.5 Å². The molecule has 0 heterocycles. The zero-order chi connectivity index (χ0) is 16.0. The second-order valence-corrected chi connectivity index (χ2v) is 5.37. The van der Waals surface area contributed by atoms with Crippen molar-refractivity contribution in [2.75, 3.05) is 6.54 Å². The highest BCUT2D eigenvalue weighted by Gasteiger charge is 2.30. The molecule has 0 amide bonds. The lowest BCUT2D eigenvalue weighted by atomic mass is 10.1. The van der Waals surface area contributed by atoms with E-state index < -0.39 is 11.7 Å². The number of hydrogen-bond acceptors (Lipinski definition) is 2. The molecule has 0 saturated heterocycles. The summed E-state index contributed by atoms with van der Waals surface area (Å²) in [6.07, 6.45) is -3.40. The van der Waals surface area contributed by atoms with E-state index in [1.807, 2.05) is 0 Å². The molecule has 118 valence electrons. The first-order chi connectivity index (χ1) is 9.74. The van der Waals surface area contributed by atoms with E-state index in [9.17, 15) is 13.2 Å². The average Bonchev–Trinajstić information content (AvgIpc) is 2.42. The van der Waals surface area contributed by atoms with Gasteiger partial charge in [0.2, 0.25) is 0 Å². The lowest BCUT2D eigenvalue weighted by Gasteiger charge is -2.22. The van der Waals surface area contributed by atoms with Gasteiger partial charge < -0.3 is 10.6 Å².